The van der Waals surface area contributed by atoms with Crippen LogP contribution in [0.25, 0.3) is 10.9 Å². The van der Waals surface area contributed by atoms with Gasteiger partial charge in [0.2, 0.25) is 11.8 Å². The number of aliphatic hydroxyl groups is 1. The third kappa shape index (κ3) is 6.90. The number of carbonyl (C=O) groups excluding carboxylic acids is 3. The molecule has 0 spiro atoms. The number of amides is 3. The Morgan fingerprint density at radius 1 is 1.02 bits per heavy atom. The number of alkyl carbamates (subject to hydrolysis) is 1. The lowest BCUT2D eigenvalue weighted by Gasteiger charge is -2.39. The van der Waals surface area contributed by atoms with E-state index in [0.717, 1.165) is 27.7 Å². The van der Waals surface area contributed by atoms with Gasteiger partial charge in [-0.1, -0.05) is 82.6 Å². The maximum absolute atomic E-state index is 14.0. The number of benzene rings is 2. The number of aliphatic hydroxyl groups excluding tert-OH is 1. The van der Waals surface area contributed by atoms with E-state index in [0.29, 0.717) is 19.3 Å². The van der Waals surface area contributed by atoms with Gasteiger partial charge in [-0.3, -0.25) is 9.59 Å². The SMILES string of the molecule is CC[C@H](C)[C@H](NC(=O)OCc1ccccc1)C(=O)N[C@]1(C(=O)N[C@H](CO)C(C)C)CCc2[nH]c3ccccc3c2C1. The van der Waals surface area contributed by atoms with Crippen molar-refractivity contribution in [3.63, 3.8) is 0 Å². The minimum Gasteiger partial charge on any atom is -0.445 e. The molecule has 0 bridgehead atoms. The number of aromatic nitrogens is 1. The van der Waals surface area contributed by atoms with Crippen LogP contribution in [0.15, 0.2) is 54.6 Å². The standard InChI is InChI=1S/C32H42N4O5/c1-5-21(4)28(35-31(40)41-19-22-11-7-6-8-12-22)29(38)36-32(30(39)34-27(18-37)20(2)3)16-15-26-24(17-32)23-13-9-10-14-25(23)33-26/h6-14,20-21,27-28,33,37H,5,15-19H2,1-4H3,(H,34,39)(H,35,40)(H,36,38)/t21-,27+,28-,32+/m0/s1. The van der Waals surface area contributed by atoms with Crippen LogP contribution in [0.5, 0.6) is 0 Å². The highest BCUT2D eigenvalue weighted by Crippen LogP contribution is 2.34. The van der Waals surface area contributed by atoms with E-state index in [-0.39, 0.29) is 37.4 Å². The predicted molar refractivity (Wildman–Crippen MR) is 158 cm³/mol. The number of H-pyrrole nitrogens is 1. The van der Waals surface area contributed by atoms with E-state index in [1.807, 2.05) is 82.3 Å². The van der Waals surface area contributed by atoms with Gasteiger partial charge in [-0.15, -0.1) is 0 Å². The quantitative estimate of drug-likeness (QED) is 0.241. The molecule has 1 heterocycles. The molecule has 0 radical (unpaired) electrons. The summed E-state index contributed by atoms with van der Waals surface area (Å²) < 4.78 is 5.40. The van der Waals surface area contributed by atoms with Crippen LogP contribution in [0, 0.1) is 11.8 Å². The number of carbonyl (C=O) groups is 3. The summed E-state index contributed by atoms with van der Waals surface area (Å²) in [5, 5.41) is 19.8. The molecule has 4 rings (SSSR count). The normalized spacial score (nSPS) is 18.7. The van der Waals surface area contributed by atoms with Crippen molar-refractivity contribution in [1.82, 2.24) is 20.9 Å². The fourth-order valence-corrected chi connectivity index (χ4v) is 5.39. The second-order valence-electron chi connectivity index (χ2n) is 11.5. The molecule has 41 heavy (non-hydrogen) atoms. The first-order chi connectivity index (χ1) is 19.7. The lowest BCUT2D eigenvalue weighted by molar-refractivity contribution is -0.136. The Kier molecular flexibility index (Phi) is 9.70. The van der Waals surface area contributed by atoms with Crippen LogP contribution >= 0.6 is 0 Å². The number of para-hydroxylation sites is 1. The van der Waals surface area contributed by atoms with Crippen LogP contribution < -0.4 is 16.0 Å². The average Bonchev–Trinajstić information content (AvgIpc) is 3.35. The Morgan fingerprint density at radius 2 is 1.73 bits per heavy atom. The molecule has 1 aliphatic carbocycles. The third-order valence-corrected chi connectivity index (χ3v) is 8.28. The number of aryl methyl sites for hydroxylation is 1. The van der Waals surface area contributed by atoms with Crippen molar-refractivity contribution in [3.8, 4) is 0 Å². The highest BCUT2D eigenvalue weighted by molar-refractivity contribution is 5.96. The number of aromatic amines is 1. The molecule has 3 aromatic rings. The fraction of sp³-hybridized carbons (Fsp3) is 0.469. The van der Waals surface area contributed by atoms with Crippen LogP contribution in [-0.4, -0.2) is 52.2 Å². The van der Waals surface area contributed by atoms with E-state index in [1.165, 1.54) is 0 Å². The molecule has 1 aromatic heterocycles. The Morgan fingerprint density at radius 3 is 2.41 bits per heavy atom. The summed E-state index contributed by atoms with van der Waals surface area (Å²) in [7, 11) is 0. The Hall–Kier alpha value is -3.85. The van der Waals surface area contributed by atoms with Gasteiger partial charge in [-0.25, -0.2) is 4.79 Å². The summed E-state index contributed by atoms with van der Waals surface area (Å²) >= 11 is 0. The van der Waals surface area contributed by atoms with Gasteiger partial charge in [-0.05, 0) is 41.9 Å². The summed E-state index contributed by atoms with van der Waals surface area (Å²) in [5.41, 5.74) is 2.59. The molecule has 0 saturated carbocycles. The molecule has 9 nitrogen and oxygen atoms in total. The molecule has 5 N–H and O–H groups in total. The molecule has 2 aromatic carbocycles. The monoisotopic (exact) mass is 562 g/mol. The fourth-order valence-electron chi connectivity index (χ4n) is 5.39. The molecule has 0 fully saturated rings. The Bertz CT molecular complexity index is 1350. The summed E-state index contributed by atoms with van der Waals surface area (Å²) in [6, 6.07) is 15.9. The van der Waals surface area contributed by atoms with Gasteiger partial charge < -0.3 is 30.8 Å². The van der Waals surface area contributed by atoms with Crippen molar-refractivity contribution in [2.75, 3.05) is 6.61 Å². The first-order valence-electron chi connectivity index (χ1n) is 14.5. The lowest BCUT2D eigenvalue weighted by Crippen LogP contribution is -2.66. The Labute approximate surface area is 241 Å². The minimum absolute atomic E-state index is 0.00199. The van der Waals surface area contributed by atoms with Gasteiger partial charge in [0.05, 0.1) is 12.6 Å². The molecule has 0 aliphatic heterocycles. The first kappa shape index (κ1) is 30.1. The minimum atomic E-state index is -1.27. The number of ether oxygens (including phenoxy) is 1. The smallest absolute Gasteiger partial charge is 0.408 e. The first-order valence-corrected chi connectivity index (χ1v) is 14.5. The van der Waals surface area contributed by atoms with Gasteiger partial charge in [-0.2, -0.15) is 0 Å². The molecular formula is C32H42N4O5. The Balaban J connectivity index is 1.59. The maximum Gasteiger partial charge on any atom is 0.408 e. The zero-order valence-corrected chi connectivity index (χ0v) is 24.3. The highest BCUT2D eigenvalue weighted by atomic mass is 16.5. The summed E-state index contributed by atoms with van der Waals surface area (Å²) in [6.45, 7) is 7.54. The van der Waals surface area contributed by atoms with E-state index < -0.39 is 29.6 Å². The molecule has 9 heteroatoms. The summed E-state index contributed by atoms with van der Waals surface area (Å²) in [5.74, 6) is -1.01. The largest absolute Gasteiger partial charge is 0.445 e. The predicted octanol–water partition coefficient (Wildman–Crippen LogP) is 3.99. The number of hydrogen-bond acceptors (Lipinski definition) is 5. The van der Waals surface area contributed by atoms with Crippen LogP contribution in [0.2, 0.25) is 0 Å². The highest BCUT2D eigenvalue weighted by Gasteiger charge is 2.46. The van der Waals surface area contributed by atoms with Crippen molar-refractivity contribution in [2.45, 2.75) is 77.6 Å². The second kappa shape index (κ2) is 13.2. The van der Waals surface area contributed by atoms with E-state index in [9.17, 15) is 19.5 Å². The van der Waals surface area contributed by atoms with Crippen molar-refractivity contribution in [2.24, 2.45) is 11.8 Å². The number of rotatable bonds is 11. The molecule has 4 atom stereocenters. The van der Waals surface area contributed by atoms with Gasteiger partial charge in [0.15, 0.2) is 0 Å². The molecule has 3 amide bonds. The van der Waals surface area contributed by atoms with Crippen LogP contribution in [0.4, 0.5) is 4.79 Å². The van der Waals surface area contributed by atoms with Crippen LogP contribution in [0.1, 0.15) is 57.4 Å². The molecule has 1 aliphatic rings. The second-order valence-corrected chi connectivity index (χ2v) is 11.5. The van der Waals surface area contributed by atoms with E-state index in [1.54, 1.807) is 0 Å². The van der Waals surface area contributed by atoms with Gasteiger partial charge in [0, 0.05) is 23.0 Å². The van der Waals surface area contributed by atoms with Crippen LogP contribution in [-0.2, 0) is 33.8 Å². The zero-order valence-electron chi connectivity index (χ0n) is 24.3. The van der Waals surface area contributed by atoms with E-state index in [2.05, 4.69) is 20.9 Å². The molecule has 0 saturated heterocycles. The number of fused-ring (bicyclic) bond motifs is 3. The van der Waals surface area contributed by atoms with Crippen molar-refractivity contribution in [1.29, 1.82) is 0 Å². The van der Waals surface area contributed by atoms with Crippen molar-refractivity contribution >= 4 is 28.8 Å². The molecule has 0 unspecified atom stereocenters. The van der Waals surface area contributed by atoms with Crippen molar-refractivity contribution < 1.29 is 24.2 Å². The summed E-state index contributed by atoms with van der Waals surface area (Å²) in [4.78, 5) is 44.1. The van der Waals surface area contributed by atoms with E-state index in [4.69, 9.17) is 4.74 Å². The van der Waals surface area contributed by atoms with Gasteiger partial charge in [0.25, 0.3) is 0 Å². The average molecular weight is 563 g/mol. The molecular weight excluding hydrogens is 520 g/mol. The van der Waals surface area contributed by atoms with Crippen LogP contribution in [0.3, 0.4) is 0 Å². The topological polar surface area (TPSA) is 133 Å². The zero-order chi connectivity index (χ0) is 29.6. The van der Waals surface area contributed by atoms with Gasteiger partial charge in [0.1, 0.15) is 18.2 Å². The number of nitrogens with one attached hydrogen (secondary N) is 4. The lowest BCUT2D eigenvalue weighted by atomic mass is 9.78. The molecule has 220 valence electrons. The van der Waals surface area contributed by atoms with Gasteiger partial charge >= 0.3 is 6.09 Å². The van der Waals surface area contributed by atoms with E-state index >= 15 is 0 Å². The van der Waals surface area contributed by atoms with Crippen molar-refractivity contribution in [3.05, 3.63) is 71.4 Å². The maximum atomic E-state index is 14.0. The third-order valence-electron chi connectivity index (χ3n) is 8.28. The number of hydrogen-bond donors (Lipinski definition) is 5. The summed E-state index contributed by atoms with van der Waals surface area (Å²) in [6.07, 6.45) is 1.14.